The zero-order chi connectivity index (χ0) is 13.1. The van der Waals surface area contributed by atoms with E-state index in [0.29, 0.717) is 16.8 Å². The Labute approximate surface area is 109 Å². The minimum Gasteiger partial charge on any atom is -0.399 e. The first kappa shape index (κ1) is 16.6. The Morgan fingerprint density at radius 3 is 2.56 bits per heavy atom. The van der Waals surface area contributed by atoms with E-state index in [0.717, 1.165) is 0 Å². The van der Waals surface area contributed by atoms with E-state index >= 15 is 0 Å². The molecule has 0 saturated heterocycles. The highest BCUT2D eigenvalue weighted by Crippen LogP contribution is 2.18. The quantitative estimate of drug-likeness (QED) is 0.838. The van der Waals surface area contributed by atoms with Gasteiger partial charge in [-0.25, -0.2) is 0 Å². The number of hydrogen-bond acceptors (Lipinski definition) is 2. The van der Waals surface area contributed by atoms with Crippen molar-refractivity contribution < 1.29 is 18.0 Å². The predicted octanol–water partition coefficient (Wildman–Crippen LogP) is 2.68. The standard InChI is InChI=1S/C11H13F3N2O.ClH/c1-7-2-3-8(15)6-9(7)10(17)16-5-4-11(12,13)14;/h2-3,6H,4-5,15H2,1H3,(H,16,17);1H. The summed E-state index contributed by atoms with van der Waals surface area (Å²) in [6.07, 6.45) is -5.31. The van der Waals surface area contributed by atoms with E-state index in [-0.39, 0.29) is 12.4 Å². The maximum absolute atomic E-state index is 11.9. The summed E-state index contributed by atoms with van der Waals surface area (Å²) < 4.78 is 35.6. The lowest BCUT2D eigenvalue weighted by molar-refractivity contribution is -0.132. The summed E-state index contributed by atoms with van der Waals surface area (Å²) in [7, 11) is 0. The maximum Gasteiger partial charge on any atom is 0.390 e. The topological polar surface area (TPSA) is 55.1 Å². The highest BCUT2D eigenvalue weighted by atomic mass is 35.5. The van der Waals surface area contributed by atoms with Crippen molar-refractivity contribution in [2.75, 3.05) is 12.3 Å². The molecule has 3 nitrogen and oxygen atoms in total. The SMILES string of the molecule is Cc1ccc(N)cc1C(=O)NCCC(F)(F)F.Cl. The van der Waals surface area contributed by atoms with Gasteiger partial charge in [0, 0.05) is 17.8 Å². The fourth-order valence-electron chi connectivity index (χ4n) is 1.30. The molecule has 0 bridgehead atoms. The van der Waals surface area contributed by atoms with Gasteiger partial charge in [-0.3, -0.25) is 4.79 Å². The molecular formula is C11H14ClF3N2O. The van der Waals surface area contributed by atoms with Gasteiger partial charge >= 0.3 is 6.18 Å². The molecule has 0 aliphatic carbocycles. The van der Waals surface area contributed by atoms with Crippen molar-refractivity contribution in [1.82, 2.24) is 5.32 Å². The van der Waals surface area contributed by atoms with Crippen LogP contribution in [0.4, 0.5) is 18.9 Å². The van der Waals surface area contributed by atoms with Gasteiger partial charge in [-0.1, -0.05) is 6.07 Å². The summed E-state index contributed by atoms with van der Waals surface area (Å²) in [5, 5.41) is 2.21. The summed E-state index contributed by atoms with van der Waals surface area (Å²) in [6.45, 7) is 1.26. The van der Waals surface area contributed by atoms with Crippen LogP contribution in [0.1, 0.15) is 22.3 Å². The number of alkyl halides is 3. The van der Waals surface area contributed by atoms with Crippen molar-refractivity contribution in [2.24, 2.45) is 0 Å². The molecule has 102 valence electrons. The third-order valence-corrected chi connectivity index (χ3v) is 2.20. The van der Waals surface area contributed by atoms with Gasteiger partial charge in [0.15, 0.2) is 0 Å². The van der Waals surface area contributed by atoms with E-state index in [2.05, 4.69) is 5.32 Å². The highest BCUT2D eigenvalue weighted by Gasteiger charge is 2.26. The Hall–Kier alpha value is -1.43. The van der Waals surface area contributed by atoms with Gasteiger partial charge in [-0.15, -0.1) is 12.4 Å². The first-order valence-corrected chi connectivity index (χ1v) is 5.00. The van der Waals surface area contributed by atoms with Gasteiger partial charge in [-0.2, -0.15) is 13.2 Å². The molecule has 0 saturated carbocycles. The largest absolute Gasteiger partial charge is 0.399 e. The van der Waals surface area contributed by atoms with Gasteiger partial charge in [0.25, 0.3) is 5.91 Å². The van der Waals surface area contributed by atoms with Crippen molar-refractivity contribution in [2.45, 2.75) is 19.5 Å². The molecule has 0 heterocycles. The van der Waals surface area contributed by atoms with Crippen LogP contribution in [0.5, 0.6) is 0 Å². The molecule has 1 rings (SSSR count). The Bertz CT molecular complexity index is 421. The number of rotatable bonds is 3. The van der Waals surface area contributed by atoms with E-state index in [1.807, 2.05) is 0 Å². The van der Waals surface area contributed by atoms with Gasteiger partial charge in [0.2, 0.25) is 0 Å². The third-order valence-electron chi connectivity index (χ3n) is 2.20. The smallest absolute Gasteiger partial charge is 0.390 e. The van der Waals surface area contributed by atoms with E-state index in [1.165, 1.54) is 6.07 Å². The fraction of sp³-hybridized carbons (Fsp3) is 0.364. The lowest BCUT2D eigenvalue weighted by Gasteiger charge is -2.09. The maximum atomic E-state index is 11.9. The number of hydrogen-bond donors (Lipinski definition) is 2. The van der Waals surface area contributed by atoms with E-state index in [4.69, 9.17) is 5.73 Å². The minimum absolute atomic E-state index is 0. The minimum atomic E-state index is -4.27. The second-order valence-corrected chi connectivity index (χ2v) is 3.70. The van der Waals surface area contributed by atoms with Crippen LogP contribution in [0.15, 0.2) is 18.2 Å². The van der Waals surface area contributed by atoms with Crippen LogP contribution < -0.4 is 11.1 Å². The van der Waals surface area contributed by atoms with Crippen molar-refractivity contribution in [1.29, 1.82) is 0 Å². The van der Waals surface area contributed by atoms with Crippen LogP contribution in [0.3, 0.4) is 0 Å². The highest BCUT2D eigenvalue weighted by molar-refractivity contribution is 5.96. The molecule has 0 aliphatic rings. The number of nitrogens with two attached hydrogens (primary N) is 1. The molecule has 1 aromatic rings. The van der Waals surface area contributed by atoms with E-state index in [9.17, 15) is 18.0 Å². The molecular weight excluding hydrogens is 269 g/mol. The molecule has 18 heavy (non-hydrogen) atoms. The first-order valence-electron chi connectivity index (χ1n) is 5.00. The van der Waals surface area contributed by atoms with Gasteiger partial charge in [-0.05, 0) is 24.6 Å². The third kappa shape index (κ3) is 5.27. The number of benzene rings is 1. The van der Waals surface area contributed by atoms with Crippen LogP contribution in [-0.2, 0) is 0 Å². The van der Waals surface area contributed by atoms with Gasteiger partial charge in [0.1, 0.15) is 0 Å². The van der Waals surface area contributed by atoms with Crippen LogP contribution in [-0.4, -0.2) is 18.6 Å². The van der Waals surface area contributed by atoms with Crippen LogP contribution in [0.25, 0.3) is 0 Å². The second kappa shape index (κ2) is 6.49. The molecule has 0 atom stereocenters. The molecule has 7 heteroatoms. The summed E-state index contributed by atoms with van der Waals surface area (Å²) >= 11 is 0. The van der Waals surface area contributed by atoms with Gasteiger partial charge < -0.3 is 11.1 Å². The normalized spacial score (nSPS) is 10.7. The predicted molar refractivity (Wildman–Crippen MR) is 65.8 cm³/mol. The molecule has 1 aromatic carbocycles. The average Bonchev–Trinajstić information content (AvgIpc) is 2.19. The van der Waals surface area contributed by atoms with E-state index < -0.39 is 25.0 Å². The molecule has 0 aromatic heterocycles. The van der Waals surface area contributed by atoms with E-state index in [1.54, 1.807) is 19.1 Å². The molecule has 0 radical (unpaired) electrons. The zero-order valence-electron chi connectivity index (χ0n) is 9.67. The van der Waals surface area contributed by atoms with Crippen molar-refractivity contribution in [3.05, 3.63) is 29.3 Å². The Morgan fingerprint density at radius 2 is 2.00 bits per heavy atom. The number of nitrogens with one attached hydrogen (secondary N) is 1. The molecule has 3 N–H and O–H groups in total. The number of carbonyl (C=O) groups excluding carboxylic acids is 1. The van der Waals surface area contributed by atoms with Crippen molar-refractivity contribution in [3.63, 3.8) is 0 Å². The fourth-order valence-corrected chi connectivity index (χ4v) is 1.30. The van der Waals surface area contributed by atoms with Gasteiger partial charge in [0.05, 0.1) is 6.42 Å². The molecule has 1 amide bonds. The number of nitrogen functional groups attached to an aromatic ring is 1. The molecule has 0 spiro atoms. The Morgan fingerprint density at radius 1 is 1.39 bits per heavy atom. The number of carbonyl (C=O) groups is 1. The first-order chi connectivity index (χ1) is 7.79. The van der Waals surface area contributed by atoms with Crippen LogP contribution >= 0.6 is 12.4 Å². The summed E-state index contributed by atoms with van der Waals surface area (Å²) in [4.78, 5) is 11.6. The number of amides is 1. The van der Waals surface area contributed by atoms with Crippen LogP contribution in [0.2, 0.25) is 0 Å². The summed E-state index contributed by atoms with van der Waals surface area (Å²) in [6, 6.07) is 4.72. The summed E-state index contributed by atoms with van der Waals surface area (Å²) in [5.41, 5.74) is 6.87. The van der Waals surface area contributed by atoms with Crippen molar-refractivity contribution in [3.8, 4) is 0 Å². The molecule has 0 unspecified atom stereocenters. The lowest BCUT2D eigenvalue weighted by atomic mass is 10.1. The number of halogens is 4. The Balaban J connectivity index is 0.00000289. The zero-order valence-corrected chi connectivity index (χ0v) is 10.5. The van der Waals surface area contributed by atoms with Crippen LogP contribution in [0, 0.1) is 6.92 Å². The second-order valence-electron chi connectivity index (χ2n) is 3.70. The monoisotopic (exact) mass is 282 g/mol. The summed E-state index contributed by atoms with van der Waals surface area (Å²) in [5.74, 6) is -0.543. The average molecular weight is 283 g/mol. The Kier molecular flexibility index (Phi) is 5.97. The van der Waals surface area contributed by atoms with Crippen molar-refractivity contribution >= 4 is 24.0 Å². The lowest BCUT2D eigenvalue weighted by Crippen LogP contribution is -2.28. The molecule has 0 aliphatic heterocycles. The molecule has 0 fully saturated rings. The number of anilines is 1. The number of aryl methyl sites for hydroxylation is 1.